The molecule has 0 bridgehead atoms. The summed E-state index contributed by atoms with van der Waals surface area (Å²) >= 11 is 3.46. The molecule has 1 saturated heterocycles. The summed E-state index contributed by atoms with van der Waals surface area (Å²) in [7, 11) is 2.20. The molecule has 1 unspecified atom stereocenters. The maximum Gasteiger partial charge on any atom is 0.00344 e. The Morgan fingerprint density at radius 1 is 1.60 bits per heavy atom. The summed E-state index contributed by atoms with van der Waals surface area (Å²) in [5.74, 6) is 0.967. The first kappa shape index (κ1) is 10.9. The quantitative estimate of drug-likeness (QED) is 0.698. The predicted octanol–water partition coefficient (Wildman–Crippen LogP) is 2.30. The highest BCUT2D eigenvalue weighted by molar-refractivity contribution is 9.09. The fraction of sp³-hybridized carbons (Fsp3) is 1.00. The highest BCUT2D eigenvalue weighted by Gasteiger charge is 2.17. The molecule has 1 rings (SSSR count). The molecule has 0 aromatic carbocycles. The third-order valence-electron chi connectivity index (χ3n) is 2.01. The number of nitrogens with zero attached hydrogens (tertiary/aromatic N) is 1. The fourth-order valence-electron chi connectivity index (χ4n) is 1.42. The van der Waals surface area contributed by atoms with Crippen LogP contribution in [0.15, 0.2) is 0 Å². The van der Waals surface area contributed by atoms with Crippen molar-refractivity contribution in [1.82, 2.24) is 4.90 Å². The van der Waals surface area contributed by atoms with Gasteiger partial charge in [0.1, 0.15) is 0 Å². The summed E-state index contributed by atoms with van der Waals surface area (Å²) in [6, 6.07) is 0. The van der Waals surface area contributed by atoms with Gasteiger partial charge in [-0.2, -0.15) is 0 Å². The third-order valence-corrected chi connectivity index (χ3v) is 2.46. The van der Waals surface area contributed by atoms with Crippen molar-refractivity contribution in [1.29, 1.82) is 0 Å². The lowest BCUT2D eigenvalue weighted by atomic mass is 10.1. The normalized spacial score (nSPS) is 26.4. The molecule has 0 aromatic rings. The summed E-state index contributed by atoms with van der Waals surface area (Å²) in [5, 5.41) is 1.17. The van der Waals surface area contributed by atoms with Crippen LogP contribution in [0.4, 0.5) is 0 Å². The van der Waals surface area contributed by atoms with Crippen LogP contribution in [-0.2, 0) is 0 Å². The van der Waals surface area contributed by atoms with Gasteiger partial charge >= 0.3 is 0 Å². The summed E-state index contributed by atoms with van der Waals surface area (Å²) in [5.41, 5.74) is 0. The van der Waals surface area contributed by atoms with Gasteiger partial charge < -0.3 is 4.90 Å². The van der Waals surface area contributed by atoms with Gasteiger partial charge in [-0.1, -0.05) is 15.9 Å². The largest absolute Gasteiger partial charge is 0.306 e. The Morgan fingerprint density at radius 3 is 2.70 bits per heavy atom. The van der Waals surface area contributed by atoms with E-state index in [1.807, 2.05) is 0 Å². The monoisotopic (exact) mass is 271 g/mol. The molecule has 1 aliphatic heterocycles. The maximum absolute atomic E-state index is 3.46. The third kappa shape index (κ3) is 3.35. The molecular weight excluding hydrogens is 258 g/mol. The van der Waals surface area contributed by atoms with Crippen LogP contribution >= 0.6 is 32.9 Å². The summed E-state index contributed by atoms with van der Waals surface area (Å²) in [6.07, 6.45) is 2.76. The van der Waals surface area contributed by atoms with E-state index in [9.17, 15) is 0 Å². The Morgan fingerprint density at radius 2 is 2.30 bits per heavy atom. The first-order chi connectivity index (χ1) is 4.33. The van der Waals surface area contributed by atoms with Gasteiger partial charge in [-0.25, -0.2) is 0 Å². The molecule has 0 amide bonds. The summed E-state index contributed by atoms with van der Waals surface area (Å²) in [4.78, 5) is 2.41. The van der Waals surface area contributed by atoms with Crippen LogP contribution in [0.1, 0.15) is 12.8 Å². The zero-order valence-electron chi connectivity index (χ0n) is 6.35. The molecule has 62 valence electrons. The van der Waals surface area contributed by atoms with E-state index in [4.69, 9.17) is 0 Å². The van der Waals surface area contributed by atoms with E-state index < -0.39 is 0 Å². The molecule has 1 heterocycles. The smallest absolute Gasteiger partial charge is 0.00344 e. The van der Waals surface area contributed by atoms with Crippen molar-refractivity contribution in [3.8, 4) is 0 Å². The van der Waals surface area contributed by atoms with Gasteiger partial charge in [-0.15, -0.1) is 17.0 Å². The van der Waals surface area contributed by atoms with Crippen molar-refractivity contribution >= 4 is 32.9 Å². The molecule has 1 nitrogen and oxygen atoms in total. The lowest BCUT2D eigenvalue weighted by Gasteiger charge is -2.07. The Kier molecular flexibility index (Phi) is 6.07. The molecule has 10 heavy (non-hydrogen) atoms. The van der Waals surface area contributed by atoms with Gasteiger partial charge in [-0.05, 0) is 32.4 Å². The van der Waals surface area contributed by atoms with Gasteiger partial charge in [-0.3, -0.25) is 0 Å². The van der Waals surface area contributed by atoms with Crippen molar-refractivity contribution in [3.63, 3.8) is 0 Å². The van der Waals surface area contributed by atoms with E-state index in [2.05, 4.69) is 27.9 Å². The van der Waals surface area contributed by atoms with Crippen LogP contribution < -0.4 is 0 Å². The van der Waals surface area contributed by atoms with Gasteiger partial charge in [0, 0.05) is 11.9 Å². The maximum atomic E-state index is 3.46. The second-order valence-electron chi connectivity index (χ2n) is 2.89. The summed E-state index contributed by atoms with van der Waals surface area (Å²) < 4.78 is 0. The molecule has 0 saturated carbocycles. The molecular formula is C7H15Br2N. The molecule has 1 aliphatic rings. The molecule has 0 N–H and O–H groups in total. The van der Waals surface area contributed by atoms with Crippen LogP contribution in [-0.4, -0.2) is 30.4 Å². The van der Waals surface area contributed by atoms with Crippen molar-refractivity contribution in [2.75, 3.05) is 25.5 Å². The minimum atomic E-state index is 0. The van der Waals surface area contributed by atoms with Crippen molar-refractivity contribution in [3.05, 3.63) is 0 Å². The Labute approximate surface area is 82.1 Å². The van der Waals surface area contributed by atoms with Crippen LogP contribution in [0.3, 0.4) is 0 Å². The van der Waals surface area contributed by atoms with Crippen molar-refractivity contribution in [2.45, 2.75) is 12.8 Å². The average molecular weight is 273 g/mol. The average Bonchev–Trinajstić information content (AvgIpc) is 2.17. The summed E-state index contributed by atoms with van der Waals surface area (Å²) in [6.45, 7) is 2.61. The standard InChI is InChI=1S/C7H14BrN.BrH/c1-9-5-3-7(6-9)2-4-8;/h7H,2-6H2,1H3;1H. The number of halogens is 2. The topological polar surface area (TPSA) is 3.24 Å². The molecule has 1 fully saturated rings. The fourth-order valence-corrected chi connectivity index (χ4v) is 2.06. The van der Waals surface area contributed by atoms with Gasteiger partial charge in [0.2, 0.25) is 0 Å². The van der Waals surface area contributed by atoms with E-state index >= 15 is 0 Å². The zero-order chi connectivity index (χ0) is 6.69. The Balaban J connectivity index is 0.000000810. The first-order valence-electron chi connectivity index (χ1n) is 3.57. The molecule has 3 heteroatoms. The van der Waals surface area contributed by atoms with E-state index in [-0.39, 0.29) is 17.0 Å². The molecule has 0 radical (unpaired) electrons. The number of likely N-dealkylation sites (tertiary alicyclic amines) is 1. The van der Waals surface area contributed by atoms with Crippen molar-refractivity contribution in [2.24, 2.45) is 5.92 Å². The van der Waals surface area contributed by atoms with Gasteiger partial charge in [0.05, 0.1) is 0 Å². The Bertz CT molecular complexity index is 85.7. The molecule has 0 aromatic heterocycles. The lowest BCUT2D eigenvalue weighted by Crippen LogP contribution is -2.13. The van der Waals surface area contributed by atoms with E-state index in [0.717, 1.165) is 5.92 Å². The van der Waals surface area contributed by atoms with Crippen molar-refractivity contribution < 1.29 is 0 Å². The van der Waals surface area contributed by atoms with Crippen LogP contribution in [0.25, 0.3) is 0 Å². The van der Waals surface area contributed by atoms with E-state index in [1.165, 1.54) is 31.3 Å². The van der Waals surface area contributed by atoms with Gasteiger partial charge in [0.15, 0.2) is 0 Å². The minimum absolute atomic E-state index is 0. The van der Waals surface area contributed by atoms with E-state index in [1.54, 1.807) is 0 Å². The van der Waals surface area contributed by atoms with Gasteiger partial charge in [0.25, 0.3) is 0 Å². The van der Waals surface area contributed by atoms with Crippen LogP contribution in [0, 0.1) is 5.92 Å². The lowest BCUT2D eigenvalue weighted by molar-refractivity contribution is 0.393. The Hall–Kier alpha value is 0.920. The van der Waals surface area contributed by atoms with Crippen LogP contribution in [0.2, 0.25) is 0 Å². The molecule has 1 atom stereocenters. The zero-order valence-corrected chi connectivity index (χ0v) is 9.65. The second-order valence-corrected chi connectivity index (χ2v) is 3.69. The SMILES string of the molecule is Br.CN1CCC(CCBr)C1. The molecule has 0 aliphatic carbocycles. The first-order valence-corrected chi connectivity index (χ1v) is 4.69. The molecule has 0 spiro atoms. The number of alkyl halides is 1. The van der Waals surface area contributed by atoms with E-state index in [0.29, 0.717) is 0 Å². The van der Waals surface area contributed by atoms with Crippen LogP contribution in [0.5, 0.6) is 0 Å². The highest BCUT2D eigenvalue weighted by Crippen LogP contribution is 2.18. The minimum Gasteiger partial charge on any atom is -0.306 e. The second kappa shape index (κ2) is 5.56. The highest BCUT2D eigenvalue weighted by atomic mass is 79.9. The number of hydrogen-bond acceptors (Lipinski definition) is 1. The number of rotatable bonds is 2. The number of hydrogen-bond donors (Lipinski definition) is 0. The predicted molar refractivity (Wildman–Crippen MR) is 54.3 cm³/mol.